The van der Waals surface area contributed by atoms with Crippen LogP contribution in [-0.2, 0) is 4.79 Å². The molecule has 0 bridgehead atoms. The molecule has 0 aliphatic carbocycles. The van der Waals surface area contributed by atoms with Crippen molar-refractivity contribution in [2.24, 2.45) is 0 Å². The number of halogens is 2. The van der Waals surface area contributed by atoms with Crippen LogP contribution in [0.5, 0.6) is 5.75 Å². The highest BCUT2D eigenvalue weighted by atomic mass is 79.9. The third-order valence-electron chi connectivity index (χ3n) is 4.25. The van der Waals surface area contributed by atoms with Gasteiger partial charge in [0.2, 0.25) is 5.91 Å². The number of hydrogen-bond donors (Lipinski definition) is 1. The van der Waals surface area contributed by atoms with Crippen molar-refractivity contribution in [2.75, 3.05) is 18.5 Å². The first kappa shape index (κ1) is 20.4. The smallest absolute Gasteiger partial charge is 0.261 e. The molecule has 0 unspecified atom stereocenters. The van der Waals surface area contributed by atoms with Gasteiger partial charge in [0.05, 0.1) is 28.4 Å². The third kappa shape index (κ3) is 4.20. The molecule has 28 heavy (non-hydrogen) atoms. The van der Waals surface area contributed by atoms with Crippen molar-refractivity contribution in [2.45, 2.75) is 19.8 Å². The molecule has 146 valence electrons. The Labute approximate surface area is 175 Å². The summed E-state index contributed by atoms with van der Waals surface area (Å²) in [6.07, 6.45) is 0.498. The number of anilines is 1. The number of para-hydroxylation sites is 1. The van der Waals surface area contributed by atoms with Crippen molar-refractivity contribution in [3.63, 3.8) is 0 Å². The van der Waals surface area contributed by atoms with Gasteiger partial charge in [-0.15, -0.1) is 0 Å². The number of rotatable bonds is 7. The van der Waals surface area contributed by atoms with Crippen LogP contribution >= 0.6 is 27.5 Å². The molecule has 3 rings (SSSR count). The topological polar surface area (TPSA) is 75.7 Å². The Balaban J connectivity index is 1.58. The van der Waals surface area contributed by atoms with Crippen LogP contribution < -0.4 is 10.1 Å². The molecule has 0 saturated carbocycles. The second-order valence-electron chi connectivity index (χ2n) is 6.15. The van der Waals surface area contributed by atoms with E-state index in [-0.39, 0.29) is 30.7 Å². The van der Waals surface area contributed by atoms with Crippen LogP contribution in [-0.4, -0.2) is 35.8 Å². The molecule has 6 nitrogen and oxygen atoms in total. The quantitative estimate of drug-likeness (QED) is 0.610. The molecule has 3 amide bonds. The second kappa shape index (κ2) is 8.75. The van der Waals surface area contributed by atoms with Crippen molar-refractivity contribution in [3.05, 3.63) is 57.0 Å². The summed E-state index contributed by atoms with van der Waals surface area (Å²) in [6, 6.07) is 10.1. The fourth-order valence-electron chi connectivity index (χ4n) is 2.97. The van der Waals surface area contributed by atoms with Crippen LogP contribution in [0.2, 0.25) is 5.02 Å². The first-order chi connectivity index (χ1) is 13.4. The van der Waals surface area contributed by atoms with Crippen LogP contribution in [0.4, 0.5) is 5.69 Å². The highest BCUT2D eigenvalue weighted by Crippen LogP contribution is 2.33. The fourth-order valence-corrected chi connectivity index (χ4v) is 3.56. The first-order valence-electron chi connectivity index (χ1n) is 8.79. The van der Waals surface area contributed by atoms with Gasteiger partial charge in [-0.25, -0.2) is 0 Å². The predicted octanol–water partition coefficient (Wildman–Crippen LogP) is 4.52. The van der Waals surface area contributed by atoms with Crippen molar-refractivity contribution in [1.29, 1.82) is 0 Å². The van der Waals surface area contributed by atoms with E-state index in [9.17, 15) is 14.4 Å². The standard InChI is InChI=1S/C20H18BrClN2O4/c1-2-28-18-15(22)5-3-6-16(18)23-17(25)7-4-10-24-19(26)13-9-8-12(21)11-14(13)20(24)27/h3,5-6,8-9,11H,2,4,7,10H2,1H3,(H,23,25). The van der Waals surface area contributed by atoms with Gasteiger partial charge in [-0.1, -0.05) is 33.6 Å². The maximum Gasteiger partial charge on any atom is 0.261 e. The molecular formula is C20H18BrClN2O4. The number of amides is 3. The highest BCUT2D eigenvalue weighted by Gasteiger charge is 2.35. The average molecular weight is 466 g/mol. The third-order valence-corrected chi connectivity index (χ3v) is 5.04. The Morgan fingerprint density at radius 1 is 1.18 bits per heavy atom. The number of nitrogens with one attached hydrogen (secondary N) is 1. The molecule has 0 aromatic heterocycles. The predicted molar refractivity (Wildman–Crippen MR) is 110 cm³/mol. The number of carbonyl (C=O) groups is 3. The summed E-state index contributed by atoms with van der Waals surface area (Å²) in [6.45, 7) is 2.42. The average Bonchev–Trinajstić information content (AvgIpc) is 2.89. The van der Waals surface area contributed by atoms with E-state index in [4.69, 9.17) is 16.3 Å². The van der Waals surface area contributed by atoms with Gasteiger partial charge in [0.1, 0.15) is 0 Å². The van der Waals surface area contributed by atoms with E-state index in [0.29, 0.717) is 40.6 Å². The van der Waals surface area contributed by atoms with Crippen LogP contribution in [0.15, 0.2) is 40.9 Å². The maximum atomic E-state index is 12.4. The van der Waals surface area contributed by atoms with Crippen molar-refractivity contribution >= 4 is 50.9 Å². The number of nitrogens with zero attached hydrogens (tertiary/aromatic N) is 1. The molecular weight excluding hydrogens is 448 g/mol. The largest absolute Gasteiger partial charge is 0.490 e. The fraction of sp³-hybridized carbons (Fsp3) is 0.250. The Bertz CT molecular complexity index is 948. The van der Waals surface area contributed by atoms with Crippen molar-refractivity contribution < 1.29 is 19.1 Å². The summed E-state index contributed by atoms with van der Waals surface area (Å²) >= 11 is 9.41. The van der Waals surface area contributed by atoms with Gasteiger partial charge < -0.3 is 10.1 Å². The van der Waals surface area contributed by atoms with Crippen LogP contribution in [0, 0.1) is 0 Å². The van der Waals surface area contributed by atoms with Crippen molar-refractivity contribution in [1.82, 2.24) is 4.90 Å². The maximum absolute atomic E-state index is 12.4. The molecule has 1 N–H and O–H groups in total. The normalized spacial score (nSPS) is 12.9. The lowest BCUT2D eigenvalue weighted by atomic mass is 10.1. The van der Waals surface area contributed by atoms with Gasteiger partial charge in [-0.2, -0.15) is 0 Å². The molecule has 0 fully saturated rings. The van der Waals surface area contributed by atoms with Crippen LogP contribution in [0.1, 0.15) is 40.5 Å². The molecule has 8 heteroatoms. The zero-order valence-corrected chi connectivity index (χ0v) is 17.5. The number of imide groups is 1. The second-order valence-corrected chi connectivity index (χ2v) is 7.48. The minimum atomic E-state index is -0.338. The number of hydrogen-bond acceptors (Lipinski definition) is 4. The molecule has 0 spiro atoms. The van der Waals surface area contributed by atoms with Gasteiger partial charge in [-0.3, -0.25) is 19.3 Å². The summed E-state index contributed by atoms with van der Waals surface area (Å²) in [5.74, 6) is -0.495. The van der Waals surface area contributed by atoms with E-state index in [0.717, 1.165) is 4.47 Å². The summed E-state index contributed by atoms with van der Waals surface area (Å²) in [5.41, 5.74) is 1.26. The zero-order valence-electron chi connectivity index (χ0n) is 15.1. The summed E-state index contributed by atoms with van der Waals surface area (Å²) in [5, 5.41) is 3.18. The minimum absolute atomic E-state index is 0.148. The first-order valence-corrected chi connectivity index (χ1v) is 9.96. The highest BCUT2D eigenvalue weighted by molar-refractivity contribution is 9.10. The minimum Gasteiger partial charge on any atom is -0.490 e. The summed E-state index contributed by atoms with van der Waals surface area (Å²) in [7, 11) is 0. The molecule has 2 aromatic rings. The van der Waals surface area contributed by atoms with Gasteiger partial charge in [-0.05, 0) is 43.7 Å². The lowest BCUT2D eigenvalue weighted by molar-refractivity contribution is -0.116. The lowest BCUT2D eigenvalue weighted by Gasteiger charge is -2.15. The SMILES string of the molecule is CCOc1c(Cl)cccc1NC(=O)CCCN1C(=O)c2ccc(Br)cc2C1=O. The number of ether oxygens (including phenoxy) is 1. The lowest BCUT2D eigenvalue weighted by Crippen LogP contribution is -2.31. The van der Waals surface area contributed by atoms with E-state index in [2.05, 4.69) is 21.2 Å². The monoisotopic (exact) mass is 464 g/mol. The number of carbonyl (C=O) groups excluding carboxylic acids is 3. The van der Waals surface area contributed by atoms with Gasteiger partial charge in [0.25, 0.3) is 11.8 Å². The van der Waals surface area contributed by atoms with Gasteiger partial charge in [0.15, 0.2) is 5.75 Å². The molecule has 0 atom stereocenters. The van der Waals surface area contributed by atoms with Crippen LogP contribution in [0.3, 0.4) is 0 Å². The zero-order chi connectivity index (χ0) is 20.3. The van der Waals surface area contributed by atoms with Gasteiger partial charge in [0, 0.05) is 17.4 Å². The number of fused-ring (bicyclic) bond motifs is 1. The summed E-state index contributed by atoms with van der Waals surface area (Å²) in [4.78, 5) is 38.3. The molecule has 1 aliphatic rings. The van der Waals surface area contributed by atoms with Gasteiger partial charge >= 0.3 is 0 Å². The van der Waals surface area contributed by atoms with E-state index in [1.54, 1.807) is 36.4 Å². The van der Waals surface area contributed by atoms with E-state index >= 15 is 0 Å². The van der Waals surface area contributed by atoms with E-state index in [1.165, 1.54) is 4.90 Å². The Hall–Kier alpha value is -2.38. The van der Waals surface area contributed by atoms with E-state index < -0.39 is 0 Å². The molecule has 1 heterocycles. The number of benzene rings is 2. The molecule has 0 saturated heterocycles. The Morgan fingerprint density at radius 2 is 1.93 bits per heavy atom. The van der Waals surface area contributed by atoms with E-state index in [1.807, 2.05) is 6.92 Å². The summed E-state index contributed by atoms with van der Waals surface area (Å²) < 4.78 is 6.22. The molecule has 0 radical (unpaired) electrons. The van der Waals surface area contributed by atoms with Crippen LogP contribution in [0.25, 0.3) is 0 Å². The van der Waals surface area contributed by atoms with Crippen molar-refractivity contribution in [3.8, 4) is 5.75 Å². The Morgan fingerprint density at radius 3 is 2.68 bits per heavy atom. The molecule has 2 aromatic carbocycles. The molecule has 1 aliphatic heterocycles. The Kier molecular flexibility index (Phi) is 6.36.